The van der Waals surface area contributed by atoms with E-state index in [4.69, 9.17) is 9.47 Å². The Kier molecular flexibility index (Phi) is 10.7. The van der Waals surface area contributed by atoms with Crippen molar-refractivity contribution >= 4 is 11.9 Å². The maximum atomic E-state index is 13.5. The van der Waals surface area contributed by atoms with Crippen molar-refractivity contribution in [1.82, 2.24) is 5.32 Å². The molecular weight excluding hydrogens is 453 g/mol. The van der Waals surface area contributed by atoms with Crippen molar-refractivity contribution in [3.05, 3.63) is 29.1 Å². The van der Waals surface area contributed by atoms with E-state index in [0.29, 0.717) is 32.4 Å². The Morgan fingerprint density at radius 3 is 1.94 bits per heavy atom. The SMILES string of the molecule is COC(C)(C)CCOC(C)(C)C(=O)NCCCCCC(=O)Oc1c(F)c(F)c(F)c(F)c1F. The van der Waals surface area contributed by atoms with Crippen LogP contribution in [-0.2, 0) is 19.1 Å². The molecule has 1 aromatic rings. The van der Waals surface area contributed by atoms with Crippen LogP contribution in [0.25, 0.3) is 0 Å². The fraction of sp³-hybridized carbons (Fsp3) is 0.636. The summed E-state index contributed by atoms with van der Waals surface area (Å²) in [5, 5.41) is 2.72. The Morgan fingerprint density at radius 2 is 1.39 bits per heavy atom. The van der Waals surface area contributed by atoms with Gasteiger partial charge in [0.05, 0.1) is 12.2 Å². The third kappa shape index (κ3) is 8.54. The number of amides is 1. The number of rotatable bonds is 13. The molecule has 0 spiro atoms. The maximum absolute atomic E-state index is 13.5. The topological polar surface area (TPSA) is 73.9 Å². The van der Waals surface area contributed by atoms with Crippen molar-refractivity contribution in [1.29, 1.82) is 0 Å². The van der Waals surface area contributed by atoms with Crippen LogP contribution in [0.2, 0.25) is 0 Å². The van der Waals surface area contributed by atoms with Gasteiger partial charge in [0.2, 0.25) is 34.8 Å². The van der Waals surface area contributed by atoms with E-state index in [1.807, 2.05) is 13.8 Å². The lowest BCUT2D eigenvalue weighted by Gasteiger charge is -2.28. The number of halogens is 5. The highest BCUT2D eigenvalue weighted by Crippen LogP contribution is 2.29. The Bertz CT molecular complexity index is 816. The summed E-state index contributed by atoms with van der Waals surface area (Å²) in [5.41, 5.74) is -1.42. The number of carbonyl (C=O) groups excluding carboxylic acids is 2. The molecule has 0 aliphatic rings. The lowest BCUT2D eigenvalue weighted by Crippen LogP contribution is -2.45. The smallest absolute Gasteiger partial charge is 0.311 e. The quantitative estimate of drug-likeness (QED) is 0.111. The van der Waals surface area contributed by atoms with Crippen LogP contribution < -0.4 is 10.1 Å². The van der Waals surface area contributed by atoms with Crippen molar-refractivity contribution in [3.8, 4) is 5.75 Å². The number of hydrogen-bond donors (Lipinski definition) is 1. The zero-order chi connectivity index (χ0) is 25.4. The molecule has 0 atom stereocenters. The number of ether oxygens (including phenoxy) is 3. The van der Waals surface area contributed by atoms with Crippen LogP contribution in [0, 0.1) is 29.1 Å². The lowest BCUT2D eigenvalue weighted by atomic mass is 10.1. The van der Waals surface area contributed by atoms with Crippen molar-refractivity contribution < 1.29 is 45.8 Å². The summed E-state index contributed by atoms with van der Waals surface area (Å²) in [6, 6.07) is 0. The first-order valence-corrected chi connectivity index (χ1v) is 10.4. The Labute approximate surface area is 189 Å². The van der Waals surface area contributed by atoms with E-state index < -0.39 is 46.4 Å². The zero-order valence-electron chi connectivity index (χ0n) is 19.4. The normalized spacial score (nSPS) is 12.1. The second-order valence-electron chi connectivity index (χ2n) is 8.51. The molecule has 0 saturated carbocycles. The average Bonchev–Trinajstić information content (AvgIpc) is 2.75. The monoisotopic (exact) mass is 483 g/mol. The molecule has 0 aromatic heterocycles. The van der Waals surface area contributed by atoms with E-state index in [-0.39, 0.29) is 24.3 Å². The highest BCUT2D eigenvalue weighted by Gasteiger charge is 2.30. The highest BCUT2D eigenvalue weighted by atomic mass is 19.2. The van der Waals surface area contributed by atoms with Gasteiger partial charge in [0, 0.05) is 20.1 Å². The molecule has 1 N–H and O–H groups in total. The lowest BCUT2D eigenvalue weighted by molar-refractivity contribution is -0.144. The second kappa shape index (κ2) is 12.3. The third-order valence-electron chi connectivity index (χ3n) is 5.00. The van der Waals surface area contributed by atoms with Crippen LogP contribution in [0.5, 0.6) is 5.75 Å². The predicted molar refractivity (Wildman–Crippen MR) is 109 cm³/mol. The van der Waals surface area contributed by atoms with Crippen molar-refractivity contribution in [3.63, 3.8) is 0 Å². The van der Waals surface area contributed by atoms with Gasteiger partial charge in [0.25, 0.3) is 5.91 Å². The number of hydrogen-bond acceptors (Lipinski definition) is 5. The molecule has 1 aromatic carbocycles. The minimum Gasteiger partial charge on any atom is -0.420 e. The molecule has 188 valence electrons. The first kappa shape index (κ1) is 28.8. The summed E-state index contributed by atoms with van der Waals surface area (Å²) in [4.78, 5) is 24.0. The van der Waals surface area contributed by atoms with Gasteiger partial charge in [-0.2, -0.15) is 8.78 Å². The van der Waals surface area contributed by atoms with Gasteiger partial charge in [-0.25, -0.2) is 13.2 Å². The van der Waals surface area contributed by atoms with Gasteiger partial charge in [-0.05, 0) is 47.0 Å². The molecule has 0 aliphatic heterocycles. The van der Waals surface area contributed by atoms with E-state index in [2.05, 4.69) is 10.1 Å². The number of carbonyl (C=O) groups is 2. The van der Waals surface area contributed by atoms with Crippen LogP contribution in [-0.4, -0.2) is 43.3 Å². The van der Waals surface area contributed by atoms with Crippen molar-refractivity contribution in [2.24, 2.45) is 0 Å². The van der Waals surface area contributed by atoms with Crippen LogP contribution in [0.3, 0.4) is 0 Å². The molecule has 0 heterocycles. The van der Waals surface area contributed by atoms with Crippen LogP contribution >= 0.6 is 0 Å². The van der Waals surface area contributed by atoms with Gasteiger partial charge < -0.3 is 19.5 Å². The largest absolute Gasteiger partial charge is 0.420 e. The summed E-state index contributed by atoms with van der Waals surface area (Å²) >= 11 is 0. The fourth-order valence-electron chi connectivity index (χ4n) is 2.54. The first-order chi connectivity index (χ1) is 15.2. The van der Waals surface area contributed by atoms with E-state index >= 15 is 0 Å². The van der Waals surface area contributed by atoms with Crippen LogP contribution in [0.15, 0.2) is 0 Å². The fourth-order valence-corrected chi connectivity index (χ4v) is 2.54. The number of esters is 1. The molecule has 6 nitrogen and oxygen atoms in total. The second-order valence-corrected chi connectivity index (χ2v) is 8.51. The zero-order valence-corrected chi connectivity index (χ0v) is 19.4. The standard InChI is InChI=1S/C22H30F5NO5/c1-21(2,31-5)10-12-32-22(3,4)20(30)28-11-8-6-7-9-13(29)33-19-17(26)15(24)14(23)16(25)18(19)27/h6-12H2,1-5H3,(H,28,30). The molecule has 0 unspecified atom stereocenters. The molecule has 0 aliphatic carbocycles. The molecule has 0 saturated heterocycles. The Balaban J connectivity index is 2.35. The van der Waals surface area contributed by atoms with E-state index in [9.17, 15) is 31.5 Å². The highest BCUT2D eigenvalue weighted by molar-refractivity contribution is 5.84. The summed E-state index contributed by atoms with van der Waals surface area (Å²) < 4.78 is 81.6. The van der Waals surface area contributed by atoms with Crippen molar-refractivity contribution in [2.45, 2.75) is 71.0 Å². The van der Waals surface area contributed by atoms with Gasteiger partial charge in [0.1, 0.15) is 5.60 Å². The molecule has 1 amide bonds. The van der Waals surface area contributed by atoms with Gasteiger partial charge in [-0.15, -0.1) is 0 Å². The third-order valence-corrected chi connectivity index (χ3v) is 5.00. The molecule has 11 heteroatoms. The number of benzene rings is 1. The Hall–Kier alpha value is -2.27. The van der Waals surface area contributed by atoms with E-state index in [1.54, 1.807) is 21.0 Å². The summed E-state index contributed by atoms with van der Waals surface area (Å²) in [5.74, 6) is -14.2. The number of unbranched alkanes of at least 4 members (excludes halogenated alkanes) is 2. The van der Waals surface area contributed by atoms with Crippen LogP contribution in [0.4, 0.5) is 22.0 Å². The van der Waals surface area contributed by atoms with Gasteiger partial charge in [-0.3, -0.25) is 9.59 Å². The van der Waals surface area contributed by atoms with E-state index in [0.717, 1.165) is 0 Å². The van der Waals surface area contributed by atoms with Gasteiger partial charge in [-0.1, -0.05) is 6.42 Å². The minimum absolute atomic E-state index is 0.218. The molecular formula is C22H30F5NO5. The van der Waals surface area contributed by atoms with Crippen molar-refractivity contribution in [2.75, 3.05) is 20.3 Å². The van der Waals surface area contributed by atoms with Gasteiger partial charge >= 0.3 is 5.97 Å². The number of nitrogens with one attached hydrogen (secondary N) is 1. The summed E-state index contributed by atoms with van der Waals surface area (Å²) in [7, 11) is 1.59. The molecule has 33 heavy (non-hydrogen) atoms. The minimum atomic E-state index is -2.33. The predicted octanol–water partition coefficient (Wildman–Crippen LogP) is 4.57. The summed E-state index contributed by atoms with van der Waals surface area (Å²) in [6.45, 7) is 7.70. The summed E-state index contributed by atoms with van der Waals surface area (Å²) in [6.07, 6.45) is 1.43. The first-order valence-electron chi connectivity index (χ1n) is 10.4. The molecule has 0 fully saturated rings. The molecule has 1 rings (SSSR count). The molecule has 0 radical (unpaired) electrons. The molecule has 0 bridgehead atoms. The average molecular weight is 483 g/mol. The maximum Gasteiger partial charge on any atom is 0.311 e. The van der Waals surface area contributed by atoms with Crippen LogP contribution in [0.1, 0.15) is 59.8 Å². The Morgan fingerprint density at radius 1 is 0.848 bits per heavy atom. The van der Waals surface area contributed by atoms with Gasteiger partial charge in [0.15, 0.2) is 0 Å². The number of methoxy groups -OCH3 is 1. The van der Waals surface area contributed by atoms with E-state index in [1.165, 1.54) is 0 Å².